The number of rotatable bonds is 4. The molecule has 0 unspecified atom stereocenters. The molecule has 0 atom stereocenters. The predicted molar refractivity (Wildman–Crippen MR) is 73.7 cm³/mol. The number of hydrogen-bond acceptors (Lipinski definition) is 5. The number of nitrogens with zero attached hydrogens (tertiary/aromatic N) is 1. The molecule has 7 heteroatoms. The zero-order valence-corrected chi connectivity index (χ0v) is 11.5. The van der Waals surface area contributed by atoms with Crippen molar-refractivity contribution in [1.82, 2.24) is 10.7 Å². The summed E-state index contributed by atoms with van der Waals surface area (Å²) in [6.07, 6.45) is 1.34. The fourth-order valence-electron chi connectivity index (χ4n) is 1.32. The van der Waals surface area contributed by atoms with Crippen molar-refractivity contribution >= 4 is 18.0 Å². The largest absolute Gasteiger partial charge is 0.504 e. The minimum atomic E-state index is -0.847. The lowest BCUT2D eigenvalue weighted by atomic mass is 10.2. The third kappa shape index (κ3) is 4.60. The van der Waals surface area contributed by atoms with Gasteiger partial charge < -0.3 is 15.2 Å². The topological polar surface area (TPSA) is 100 Å². The van der Waals surface area contributed by atoms with Gasteiger partial charge in [-0.1, -0.05) is 0 Å². The van der Waals surface area contributed by atoms with Gasteiger partial charge in [-0.2, -0.15) is 5.10 Å². The van der Waals surface area contributed by atoms with Gasteiger partial charge in [0.2, 0.25) is 0 Å². The predicted octanol–water partition coefficient (Wildman–Crippen LogP) is 0.375. The molecular formula is C13H17N3O4. The van der Waals surface area contributed by atoms with Crippen molar-refractivity contribution < 1.29 is 19.4 Å². The van der Waals surface area contributed by atoms with E-state index in [0.717, 1.165) is 0 Å². The molecule has 0 aliphatic carbocycles. The Labute approximate surface area is 116 Å². The number of carbonyl (C=O) groups excluding carboxylic acids is 2. The van der Waals surface area contributed by atoms with E-state index in [0.29, 0.717) is 5.56 Å². The van der Waals surface area contributed by atoms with Crippen molar-refractivity contribution in [2.75, 3.05) is 7.11 Å². The third-order valence-electron chi connectivity index (χ3n) is 2.21. The molecule has 0 fully saturated rings. The van der Waals surface area contributed by atoms with E-state index >= 15 is 0 Å². The number of methoxy groups -OCH3 is 1. The molecule has 0 saturated heterocycles. The summed E-state index contributed by atoms with van der Waals surface area (Å²) in [6, 6.07) is 4.44. The van der Waals surface area contributed by atoms with Gasteiger partial charge in [0.1, 0.15) is 0 Å². The molecule has 0 heterocycles. The monoisotopic (exact) mass is 279 g/mol. The summed E-state index contributed by atoms with van der Waals surface area (Å²) in [7, 11) is 1.42. The quantitative estimate of drug-likeness (QED) is 0.421. The van der Waals surface area contributed by atoms with Gasteiger partial charge in [0, 0.05) is 6.04 Å². The Kier molecular flexibility index (Phi) is 5.52. The maximum Gasteiger partial charge on any atom is 0.329 e. The lowest BCUT2D eigenvalue weighted by Crippen LogP contribution is -2.41. The minimum absolute atomic E-state index is 0.00463. The fourth-order valence-corrected chi connectivity index (χ4v) is 1.32. The van der Waals surface area contributed by atoms with Crippen molar-refractivity contribution in [2.24, 2.45) is 5.10 Å². The van der Waals surface area contributed by atoms with Crippen molar-refractivity contribution in [1.29, 1.82) is 0 Å². The molecular weight excluding hydrogens is 262 g/mol. The maximum absolute atomic E-state index is 11.3. The number of benzene rings is 1. The van der Waals surface area contributed by atoms with Crippen LogP contribution in [0.25, 0.3) is 0 Å². The van der Waals surface area contributed by atoms with E-state index in [1.807, 2.05) is 0 Å². The zero-order chi connectivity index (χ0) is 15.1. The molecule has 2 amide bonds. The number of hydrogen-bond donors (Lipinski definition) is 3. The molecule has 0 saturated carbocycles. The molecule has 3 N–H and O–H groups in total. The zero-order valence-electron chi connectivity index (χ0n) is 11.5. The molecule has 108 valence electrons. The highest BCUT2D eigenvalue weighted by Gasteiger charge is 2.12. The van der Waals surface area contributed by atoms with E-state index in [9.17, 15) is 14.7 Å². The normalized spacial score (nSPS) is 10.6. The maximum atomic E-state index is 11.3. The van der Waals surface area contributed by atoms with Crippen LogP contribution in [0.15, 0.2) is 23.3 Å². The van der Waals surface area contributed by atoms with Crippen LogP contribution in [0.5, 0.6) is 11.5 Å². The van der Waals surface area contributed by atoms with Crippen LogP contribution in [-0.4, -0.2) is 36.3 Å². The highest BCUT2D eigenvalue weighted by atomic mass is 16.5. The first-order chi connectivity index (χ1) is 9.43. The Morgan fingerprint density at radius 3 is 2.65 bits per heavy atom. The smallest absolute Gasteiger partial charge is 0.329 e. The second kappa shape index (κ2) is 7.13. The Morgan fingerprint density at radius 2 is 2.05 bits per heavy atom. The average Bonchev–Trinajstić information content (AvgIpc) is 2.39. The van der Waals surface area contributed by atoms with E-state index in [-0.39, 0.29) is 17.5 Å². The van der Waals surface area contributed by atoms with Gasteiger partial charge in [0.15, 0.2) is 11.5 Å². The van der Waals surface area contributed by atoms with Crippen LogP contribution in [0.4, 0.5) is 0 Å². The van der Waals surface area contributed by atoms with Crippen LogP contribution < -0.4 is 15.5 Å². The molecule has 0 aliphatic rings. The Balaban J connectivity index is 2.61. The van der Waals surface area contributed by atoms with E-state index in [2.05, 4.69) is 15.8 Å². The number of amides is 2. The fraction of sp³-hybridized carbons (Fsp3) is 0.308. The first-order valence-corrected chi connectivity index (χ1v) is 5.95. The van der Waals surface area contributed by atoms with Gasteiger partial charge >= 0.3 is 11.8 Å². The van der Waals surface area contributed by atoms with Crippen molar-refractivity contribution in [2.45, 2.75) is 19.9 Å². The van der Waals surface area contributed by atoms with Crippen LogP contribution in [0.2, 0.25) is 0 Å². The van der Waals surface area contributed by atoms with E-state index in [1.165, 1.54) is 19.4 Å². The number of hydrazone groups is 1. The van der Waals surface area contributed by atoms with Crippen LogP contribution in [0.1, 0.15) is 19.4 Å². The summed E-state index contributed by atoms with van der Waals surface area (Å²) in [4.78, 5) is 22.6. The first-order valence-electron chi connectivity index (χ1n) is 5.95. The summed E-state index contributed by atoms with van der Waals surface area (Å²) in [5.41, 5.74) is 2.70. The highest BCUT2D eigenvalue weighted by molar-refractivity contribution is 6.35. The molecule has 20 heavy (non-hydrogen) atoms. The standard InChI is InChI=1S/C13H17N3O4/c1-8(2)15-12(18)13(19)16-14-7-9-4-5-10(17)11(6-9)20-3/h4-8,17H,1-3H3,(H,15,18)(H,16,19). The summed E-state index contributed by atoms with van der Waals surface area (Å²) in [6.45, 7) is 3.49. The summed E-state index contributed by atoms with van der Waals surface area (Å²) in [5.74, 6) is -1.30. The van der Waals surface area contributed by atoms with Gasteiger partial charge in [0.05, 0.1) is 13.3 Å². The van der Waals surface area contributed by atoms with Crippen LogP contribution in [-0.2, 0) is 9.59 Å². The lowest BCUT2D eigenvalue weighted by molar-refractivity contribution is -0.139. The molecule has 1 rings (SSSR count). The molecule has 1 aromatic rings. The molecule has 0 bridgehead atoms. The SMILES string of the molecule is COc1cc(C=NNC(=O)C(=O)NC(C)C)ccc1O. The van der Waals surface area contributed by atoms with Gasteiger partial charge in [-0.25, -0.2) is 5.43 Å². The number of carbonyl (C=O) groups is 2. The molecule has 0 radical (unpaired) electrons. The first kappa shape index (κ1) is 15.5. The number of aromatic hydroxyl groups is 1. The van der Waals surface area contributed by atoms with Crippen LogP contribution in [0.3, 0.4) is 0 Å². The van der Waals surface area contributed by atoms with Gasteiger partial charge in [0.25, 0.3) is 0 Å². The van der Waals surface area contributed by atoms with E-state index in [1.54, 1.807) is 26.0 Å². The number of nitrogens with one attached hydrogen (secondary N) is 2. The van der Waals surface area contributed by atoms with Crippen molar-refractivity contribution in [3.8, 4) is 11.5 Å². The number of phenols is 1. The summed E-state index contributed by atoms with van der Waals surface area (Å²) < 4.78 is 4.93. The average molecular weight is 279 g/mol. The molecule has 0 aromatic heterocycles. The number of ether oxygens (including phenoxy) is 1. The minimum Gasteiger partial charge on any atom is -0.504 e. The van der Waals surface area contributed by atoms with Gasteiger partial charge in [-0.3, -0.25) is 9.59 Å². The molecule has 1 aromatic carbocycles. The Morgan fingerprint density at radius 1 is 1.35 bits per heavy atom. The van der Waals surface area contributed by atoms with Gasteiger partial charge in [-0.15, -0.1) is 0 Å². The van der Waals surface area contributed by atoms with Crippen molar-refractivity contribution in [3.63, 3.8) is 0 Å². The van der Waals surface area contributed by atoms with Crippen molar-refractivity contribution in [3.05, 3.63) is 23.8 Å². The highest BCUT2D eigenvalue weighted by Crippen LogP contribution is 2.25. The second-order valence-electron chi connectivity index (χ2n) is 4.26. The molecule has 7 nitrogen and oxygen atoms in total. The molecule has 0 spiro atoms. The van der Waals surface area contributed by atoms with Crippen LogP contribution in [0, 0.1) is 0 Å². The van der Waals surface area contributed by atoms with E-state index in [4.69, 9.17) is 4.74 Å². The lowest BCUT2D eigenvalue weighted by Gasteiger charge is -2.06. The summed E-state index contributed by atoms with van der Waals surface area (Å²) in [5, 5.41) is 15.5. The molecule has 0 aliphatic heterocycles. The van der Waals surface area contributed by atoms with E-state index < -0.39 is 11.8 Å². The summed E-state index contributed by atoms with van der Waals surface area (Å²) >= 11 is 0. The Hall–Kier alpha value is -2.57. The Bertz CT molecular complexity index is 526. The third-order valence-corrected chi connectivity index (χ3v) is 2.21. The second-order valence-corrected chi connectivity index (χ2v) is 4.26. The van der Waals surface area contributed by atoms with Crippen LogP contribution >= 0.6 is 0 Å². The number of phenolic OH excluding ortho intramolecular Hbond substituents is 1. The van der Waals surface area contributed by atoms with Gasteiger partial charge in [-0.05, 0) is 37.6 Å².